The number of carbonyl (C=O) groups excluding carboxylic acids is 1. The van der Waals surface area contributed by atoms with Gasteiger partial charge >= 0.3 is 0 Å². The maximum absolute atomic E-state index is 12.1. The van der Waals surface area contributed by atoms with Crippen LogP contribution in [0.25, 0.3) is 0 Å². The van der Waals surface area contributed by atoms with Crippen LogP contribution < -0.4 is 10.1 Å². The molecule has 0 aliphatic carbocycles. The van der Waals surface area contributed by atoms with E-state index < -0.39 is 0 Å². The number of hydrogen-bond donors (Lipinski definition) is 1. The highest BCUT2D eigenvalue weighted by Gasteiger charge is 2.13. The van der Waals surface area contributed by atoms with Crippen LogP contribution in [0, 0.1) is 6.92 Å². The Morgan fingerprint density at radius 2 is 2.05 bits per heavy atom. The topological polar surface area (TPSA) is 38.3 Å². The molecule has 0 atom stereocenters. The maximum atomic E-state index is 12.1. The molecule has 0 bridgehead atoms. The number of methoxy groups -OCH3 is 1. The van der Waals surface area contributed by atoms with Crippen LogP contribution in [0.5, 0.6) is 5.75 Å². The number of ether oxygens (including phenoxy) is 1. The first-order chi connectivity index (χ1) is 9.01. The van der Waals surface area contributed by atoms with E-state index in [4.69, 9.17) is 4.74 Å². The van der Waals surface area contributed by atoms with Gasteiger partial charge in [-0.3, -0.25) is 4.79 Å². The molecule has 1 aromatic heterocycles. The molecule has 0 unspecified atom stereocenters. The van der Waals surface area contributed by atoms with Gasteiger partial charge in [0.25, 0.3) is 5.91 Å². The zero-order valence-corrected chi connectivity index (χ0v) is 14.3. The van der Waals surface area contributed by atoms with E-state index in [0.717, 1.165) is 13.8 Å². The Hall–Kier alpha value is -0.850. The molecule has 0 saturated carbocycles. The van der Waals surface area contributed by atoms with Crippen molar-refractivity contribution >= 4 is 54.8 Å². The fourth-order valence-electron chi connectivity index (χ4n) is 1.48. The van der Waals surface area contributed by atoms with Crippen LogP contribution in [0.15, 0.2) is 32.5 Å². The molecular formula is C13H11Br2NO2S. The minimum Gasteiger partial charge on any atom is -0.497 e. The van der Waals surface area contributed by atoms with Crippen LogP contribution in [-0.2, 0) is 0 Å². The van der Waals surface area contributed by atoms with Crippen molar-refractivity contribution in [1.29, 1.82) is 0 Å². The fraction of sp³-hybridized carbons (Fsp3) is 0.154. The lowest BCUT2D eigenvalue weighted by atomic mass is 10.3. The smallest absolute Gasteiger partial charge is 0.265 e. The van der Waals surface area contributed by atoms with E-state index >= 15 is 0 Å². The summed E-state index contributed by atoms with van der Waals surface area (Å²) < 4.78 is 6.93. The zero-order chi connectivity index (χ0) is 14.0. The first-order valence-electron chi connectivity index (χ1n) is 5.42. The summed E-state index contributed by atoms with van der Waals surface area (Å²) in [4.78, 5) is 12.8. The van der Waals surface area contributed by atoms with Crippen molar-refractivity contribution in [3.05, 3.63) is 43.0 Å². The molecule has 19 heavy (non-hydrogen) atoms. The third-order valence-electron chi connectivity index (χ3n) is 2.50. The molecule has 0 aliphatic heterocycles. The van der Waals surface area contributed by atoms with Crippen LogP contribution in [-0.4, -0.2) is 13.0 Å². The number of benzene rings is 1. The quantitative estimate of drug-likeness (QED) is 0.794. The molecular weight excluding hydrogens is 394 g/mol. The summed E-state index contributed by atoms with van der Waals surface area (Å²) in [5, 5.41) is 2.87. The average molecular weight is 405 g/mol. The highest BCUT2D eigenvalue weighted by molar-refractivity contribution is 9.11. The first kappa shape index (κ1) is 14.6. The number of carbonyl (C=O) groups is 1. The molecule has 1 amide bonds. The number of rotatable bonds is 3. The summed E-state index contributed by atoms with van der Waals surface area (Å²) in [6, 6.07) is 7.30. The van der Waals surface area contributed by atoms with E-state index in [2.05, 4.69) is 37.2 Å². The Kier molecular flexibility index (Phi) is 4.65. The Bertz CT molecular complexity index is 606. The fourth-order valence-corrected chi connectivity index (χ4v) is 3.26. The summed E-state index contributed by atoms with van der Waals surface area (Å²) in [7, 11) is 1.59. The first-order valence-corrected chi connectivity index (χ1v) is 7.82. The third-order valence-corrected chi connectivity index (χ3v) is 5.33. The van der Waals surface area contributed by atoms with Gasteiger partial charge in [0.2, 0.25) is 0 Å². The Morgan fingerprint density at radius 3 is 2.63 bits per heavy atom. The van der Waals surface area contributed by atoms with Gasteiger partial charge in [0.15, 0.2) is 0 Å². The van der Waals surface area contributed by atoms with E-state index in [0.29, 0.717) is 16.3 Å². The predicted molar refractivity (Wildman–Crippen MR) is 85.4 cm³/mol. The van der Waals surface area contributed by atoms with E-state index in [9.17, 15) is 4.79 Å². The van der Waals surface area contributed by atoms with Gasteiger partial charge in [0.1, 0.15) is 5.75 Å². The van der Waals surface area contributed by atoms with E-state index in [1.807, 2.05) is 25.1 Å². The van der Waals surface area contributed by atoms with Gasteiger partial charge in [-0.15, -0.1) is 11.3 Å². The summed E-state index contributed by atoms with van der Waals surface area (Å²) in [6.07, 6.45) is 0. The SMILES string of the molecule is COc1ccc(Br)c(NC(=O)c2cc(C)c(Br)s2)c1. The second-order valence-electron chi connectivity index (χ2n) is 3.87. The molecule has 1 heterocycles. The van der Waals surface area contributed by atoms with Gasteiger partial charge in [-0.05, 0) is 62.5 Å². The van der Waals surface area contributed by atoms with Crippen molar-refractivity contribution in [3.63, 3.8) is 0 Å². The molecule has 1 aromatic carbocycles. The standard InChI is InChI=1S/C13H11Br2NO2S/c1-7-5-11(19-12(7)15)13(17)16-10-6-8(18-2)3-4-9(10)14/h3-6H,1-2H3,(H,16,17). The summed E-state index contributed by atoms with van der Waals surface area (Å²) in [6.45, 7) is 1.96. The van der Waals surface area contributed by atoms with Crippen molar-refractivity contribution in [2.24, 2.45) is 0 Å². The molecule has 2 aromatic rings. The number of thiophene rings is 1. The predicted octanol–water partition coefficient (Wildman–Crippen LogP) is 4.84. The molecule has 1 N–H and O–H groups in total. The largest absolute Gasteiger partial charge is 0.497 e. The number of amides is 1. The lowest BCUT2D eigenvalue weighted by Gasteiger charge is -2.08. The van der Waals surface area contributed by atoms with E-state index in [-0.39, 0.29) is 5.91 Å². The third kappa shape index (κ3) is 3.38. The lowest BCUT2D eigenvalue weighted by Crippen LogP contribution is -2.10. The molecule has 0 spiro atoms. The summed E-state index contributed by atoms with van der Waals surface area (Å²) >= 11 is 8.24. The monoisotopic (exact) mass is 403 g/mol. The van der Waals surface area contributed by atoms with Crippen molar-refractivity contribution < 1.29 is 9.53 Å². The van der Waals surface area contributed by atoms with E-state index in [1.54, 1.807) is 13.2 Å². The molecule has 0 fully saturated rings. The van der Waals surface area contributed by atoms with Gasteiger partial charge in [0.05, 0.1) is 21.5 Å². The molecule has 6 heteroatoms. The van der Waals surface area contributed by atoms with Crippen molar-refractivity contribution in [3.8, 4) is 5.75 Å². The second kappa shape index (κ2) is 6.07. The molecule has 3 nitrogen and oxygen atoms in total. The Morgan fingerprint density at radius 1 is 1.32 bits per heavy atom. The molecule has 100 valence electrons. The Balaban J connectivity index is 2.23. The van der Waals surface area contributed by atoms with Crippen LogP contribution in [0.1, 0.15) is 15.2 Å². The minimum absolute atomic E-state index is 0.132. The number of halogens is 2. The molecule has 0 radical (unpaired) electrons. The van der Waals surface area contributed by atoms with Crippen LogP contribution in [0.4, 0.5) is 5.69 Å². The second-order valence-corrected chi connectivity index (χ2v) is 7.09. The highest BCUT2D eigenvalue weighted by Crippen LogP contribution is 2.30. The number of anilines is 1. The number of nitrogens with one attached hydrogen (secondary N) is 1. The Labute approximate surface area is 132 Å². The summed E-state index contributed by atoms with van der Waals surface area (Å²) in [5.41, 5.74) is 1.74. The lowest BCUT2D eigenvalue weighted by molar-refractivity contribution is 0.103. The highest BCUT2D eigenvalue weighted by atomic mass is 79.9. The van der Waals surface area contributed by atoms with E-state index in [1.165, 1.54) is 11.3 Å². The summed E-state index contributed by atoms with van der Waals surface area (Å²) in [5.74, 6) is 0.565. The van der Waals surface area contributed by atoms with Crippen molar-refractivity contribution in [2.75, 3.05) is 12.4 Å². The zero-order valence-electron chi connectivity index (χ0n) is 10.3. The van der Waals surface area contributed by atoms with Crippen molar-refractivity contribution in [1.82, 2.24) is 0 Å². The van der Waals surface area contributed by atoms with Crippen LogP contribution >= 0.6 is 43.2 Å². The normalized spacial score (nSPS) is 10.3. The van der Waals surface area contributed by atoms with Gasteiger partial charge in [-0.25, -0.2) is 0 Å². The van der Waals surface area contributed by atoms with Gasteiger partial charge in [-0.1, -0.05) is 0 Å². The average Bonchev–Trinajstić information content (AvgIpc) is 2.72. The number of aryl methyl sites for hydroxylation is 1. The van der Waals surface area contributed by atoms with Crippen LogP contribution in [0.3, 0.4) is 0 Å². The molecule has 2 rings (SSSR count). The van der Waals surface area contributed by atoms with Gasteiger partial charge < -0.3 is 10.1 Å². The maximum Gasteiger partial charge on any atom is 0.265 e. The van der Waals surface area contributed by atoms with Gasteiger partial charge in [0, 0.05) is 10.5 Å². The van der Waals surface area contributed by atoms with Crippen LogP contribution in [0.2, 0.25) is 0 Å². The van der Waals surface area contributed by atoms with Gasteiger partial charge in [-0.2, -0.15) is 0 Å². The van der Waals surface area contributed by atoms with Crippen molar-refractivity contribution in [2.45, 2.75) is 6.92 Å². The number of hydrogen-bond acceptors (Lipinski definition) is 3. The molecule has 0 saturated heterocycles. The minimum atomic E-state index is -0.132. The molecule has 0 aliphatic rings.